The van der Waals surface area contributed by atoms with Gasteiger partial charge in [-0.25, -0.2) is 28.8 Å². The van der Waals surface area contributed by atoms with E-state index in [1.54, 1.807) is 17.0 Å². The minimum absolute atomic E-state index is 0.0536. The molecule has 3 unspecified atom stereocenters. The minimum atomic E-state index is -3.58. The first-order valence-corrected chi connectivity index (χ1v) is 12.2. The van der Waals surface area contributed by atoms with Crippen LogP contribution in [0.1, 0.15) is 18.4 Å². The Morgan fingerprint density at radius 3 is 2.62 bits per heavy atom. The number of nitrogens with two attached hydrogens (primary N) is 1. The summed E-state index contributed by atoms with van der Waals surface area (Å²) in [5, 5.41) is 16.8. The van der Waals surface area contributed by atoms with Gasteiger partial charge in [0.2, 0.25) is 10.0 Å². The molecule has 0 saturated carbocycles. The fourth-order valence-electron chi connectivity index (χ4n) is 4.05. The third-order valence-electron chi connectivity index (χ3n) is 5.96. The lowest BCUT2D eigenvalue weighted by molar-refractivity contribution is 0.273. The summed E-state index contributed by atoms with van der Waals surface area (Å²) in [6.45, 7) is 3.29. The van der Waals surface area contributed by atoms with Gasteiger partial charge in [-0.3, -0.25) is 10.7 Å². The van der Waals surface area contributed by atoms with Crippen molar-refractivity contribution in [3.8, 4) is 11.1 Å². The second-order valence-corrected chi connectivity index (χ2v) is 9.83. The van der Waals surface area contributed by atoms with Gasteiger partial charge in [0.05, 0.1) is 11.9 Å². The number of rotatable bonds is 7. The molecule has 0 aromatic heterocycles. The third-order valence-corrected chi connectivity index (χ3v) is 6.71. The third kappa shape index (κ3) is 4.92. The van der Waals surface area contributed by atoms with Crippen molar-refractivity contribution in [1.82, 2.24) is 26.0 Å². The number of hydrogen-bond donors (Lipinski definition) is 5. The molecule has 172 valence electrons. The quantitative estimate of drug-likeness (QED) is 0.412. The summed E-state index contributed by atoms with van der Waals surface area (Å²) >= 11 is 0. The highest BCUT2D eigenvalue weighted by Gasteiger charge is 2.37. The predicted molar refractivity (Wildman–Crippen MR) is 121 cm³/mol. The highest BCUT2D eigenvalue weighted by Crippen LogP contribution is 2.28. The van der Waals surface area contributed by atoms with Crippen molar-refractivity contribution in [2.75, 3.05) is 25.4 Å². The Morgan fingerprint density at radius 1 is 1.19 bits per heavy atom. The molecule has 2 saturated heterocycles. The Morgan fingerprint density at radius 2 is 1.94 bits per heavy atom. The van der Waals surface area contributed by atoms with E-state index in [4.69, 9.17) is 10.5 Å². The van der Waals surface area contributed by atoms with Crippen LogP contribution in [0.4, 0.5) is 4.39 Å². The Balaban J connectivity index is 1.38. The van der Waals surface area contributed by atoms with Gasteiger partial charge >= 0.3 is 0 Å². The number of hydrogen-bond acceptors (Lipinski definition) is 6. The fraction of sp³-hybridized carbons (Fsp3) is 0.381. The maximum atomic E-state index is 14.8. The first kappa shape index (κ1) is 22.6. The summed E-state index contributed by atoms with van der Waals surface area (Å²) in [6, 6.07) is 14.7. The standard InChI is InChI=1S/C21H28FN7O2S/c1-14(16-7-8-17(18(22)13-16)15-5-3-2-4-6-15)19-25-21(27-26-19)29-10-9-28(20(29)23)11-12-32(24,30)31/h2-8,13-14,19,21,23,25-27H,9-12H2,1H3,(H2,24,30,31). The van der Waals surface area contributed by atoms with Gasteiger partial charge in [-0.1, -0.05) is 49.4 Å². The first-order chi connectivity index (χ1) is 15.2. The zero-order chi connectivity index (χ0) is 22.9. The number of nitrogens with zero attached hydrogens (tertiary/aromatic N) is 2. The van der Waals surface area contributed by atoms with Crippen LogP contribution in [0.15, 0.2) is 48.5 Å². The van der Waals surface area contributed by atoms with Gasteiger partial charge < -0.3 is 9.80 Å². The maximum Gasteiger partial charge on any atom is 0.210 e. The van der Waals surface area contributed by atoms with E-state index in [1.165, 1.54) is 0 Å². The Kier molecular flexibility index (Phi) is 6.45. The number of sulfonamides is 1. The molecule has 2 aliphatic heterocycles. The monoisotopic (exact) mass is 461 g/mol. The van der Waals surface area contributed by atoms with Gasteiger partial charge in [0.15, 0.2) is 12.2 Å². The summed E-state index contributed by atoms with van der Waals surface area (Å²) in [5.41, 5.74) is 8.57. The molecule has 11 heteroatoms. The van der Waals surface area contributed by atoms with Crippen LogP contribution in [-0.4, -0.2) is 62.0 Å². The lowest BCUT2D eigenvalue weighted by atomic mass is 9.95. The highest BCUT2D eigenvalue weighted by molar-refractivity contribution is 7.89. The molecule has 2 aromatic rings. The van der Waals surface area contributed by atoms with Crippen molar-refractivity contribution in [3.63, 3.8) is 0 Å². The molecule has 0 amide bonds. The van der Waals surface area contributed by atoms with Crippen LogP contribution >= 0.6 is 0 Å². The fourth-order valence-corrected chi connectivity index (χ4v) is 4.52. The molecule has 2 aromatic carbocycles. The summed E-state index contributed by atoms with van der Waals surface area (Å²) in [4.78, 5) is 3.49. The minimum Gasteiger partial charge on any atom is -0.340 e. The number of guanidine groups is 1. The van der Waals surface area contributed by atoms with E-state index in [2.05, 4.69) is 16.2 Å². The van der Waals surface area contributed by atoms with Gasteiger partial charge in [0.1, 0.15) is 5.82 Å². The lowest BCUT2D eigenvalue weighted by Crippen LogP contribution is -2.52. The Hall–Kier alpha value is -2.57. The number of halogens is 1. The van der Waals surface area contributed by atoms with Crippen LogP contribution in [0, 0.1) is 11.2 Å². The molecular weight excluding hydrogens is 433 g/mol. The maximum absolute atomic E-state index is 14.8. The molecular formula is C21H28FN7O2S. The molecule has 6 N–H and O–H groups in total. The van der Waals surface area contributed by atoms with Crippen LogP contribution in [0.25, 0.3) is 11.1 Å². The molecule has 0 radical (unpaired) electrons. The van der Waals surface area contributed by atoms with Crippen LogP contribution in [0.2, 0.25) is 0 Å². The summed E-state index contributed by atoms with van der Waals surface area (Å²) in [5.74, 6) is -0.291. The van der Waals surface area contributed by atoms with Crippen LogP contribution in [-0.2, 0) is 10.0 Å². The molecule has 3 atom stereocenters. The van der Waals surface area contributed by atoms with Crippen molar-refractivity contribution in [2.24, 2.45) is 5.14 Å². The van der Waals surface area contributed by atoms with Crippen molar-refractivity contribution < 1.29 is 12.8 Å². The molecule has 0 bridgehead atoms. The highest BCUT2D eigenvalue weighted by atomic mass is 32.2. The molecule has 2 aliphatic rings. The predicted octanol–water partition coefficient (Wildman–Crippen LogP) is 0.744. The molecule has 9 nitrogen and oxygen atoms in total. The molecule has 32 heavy (non-hydrogen) atoms. The van der Waals surface area contributed by atoms with Crippen LogP contribution in [0.5, 0.6) is 0 Å². The second kappa shape index (κ2) is 9.12. The van der Waals surface area contributed by atoms with Crippen LogP contribution < -0.4 is 21.3 Å². The van der Waals surface area contributed by atoms with Gasteiger partial charge in [-0.15, -0.1) is 0 Å². The molecule has 2 fully saturated rings. The van der Waals surface area contributed by atoms with E-state index < -0.39 is 10.0 Å². The Bertz CT molecular complexity index is 1080. The number of nitrogens with one attached hydrogen (secondary N) is 4. The Labute approximate surface area is 187 Å². The van der Waals surface area contributed by atoms with E-state index in [1.807, 2.05) is 48.2 Å². The van der Waals surface area contributed by atoms with E-state index in [9.17, 15) is 12.8 Å². The molecule has 2 heterocycles. The average molecular weight is 462 g/mol. The van der Waals surface area contributed by atoms with Gasteiger partial charge in [0, 0.05) is 31.1 Å². The zero-order valence-electron chi connectivity index (χ0n) is 17.8. The number of primary sulfonamides is 1. The van der Waals surface area contributed by atoms with Crippen molar-refractivity contribution >= 4 is 16.0 Å². The smallest absolute Gasteiger partial charge is 0.210 e. The van der Waals surface area contributed by atoms with Crippen molar-refractivity contribution in [2.45, 2.75) is 25.3 Å². The van der Waals surface area contributed by atoms with Gasteiger partial charge in [-0.2, -0.15) is 0 Å². The SMILES string of the molecule is CC(c1ccc(-c2ccccc2)c(F)c1)C1NNC(N2CCN(CCS(N)(=O)=O)C2=N)N1. The topological polar surface area (TPSA) is 127 Å². The largest absolute Gasteiger partial charge is 0.340 e. The average Bonchev–Trinajstić information content (AvgIpc) is 3.38. The summed E-state index contributed by atoms with van der Waals surface area (Å²) in [6.07, 6.45) is -0.531. The number of benzene rings is 2. The zero-order valence-corrected chi connectivity index (χ0v) is 18.6. The molecule has 0 aliphatic carbocycles. The lowest BCUT2D eigenvalue weighted by Gasteiger charge is -2.27. The van der Waals surface area contributed by atoms with Crippen molar-refractivity contribution in [1.29, 1.82) is 5.41 Å². The summed E-state index contributed by atoms with van der Waals surface area (Å²) in [7, 11) is -3.58. The number of hydrazine groups is 1. The van der Waals surface area contributed by atoms with Crippen LogP contribution in [0.3, 0.4) is 0 Å². The second-order valence-electron chi connectivity index (χ2n) is 8.10. The van der Waals surface area contributed by atoms with E-state index in [0.29, 0.717) is 18.7 Å². The normalized spacial score (nSPS) is 22.5. The van der Waals surface area contributed by atoms with E-state index in [-0.39, 0.29) is 42.4 Å². The first-order valence-electron chi connectivity index (χ1n) is 10.5. The molecule has 0 spiro atoms. The van der Waals surface area contributed by atoms with Crippen molar-refractivity contribution in [3.05, 3.63) is 59.9 Å². The van der Waals surface area contributed by atoms with E-state index in [0.717, 1.165) is 11.1 Å². The van der Waals surface area contributed by atoms with Gasteiger partial charge in [0.25, 0.3) is 0 Å². The van der Waals surface area contributed by atoms with E-state index >= 15 is 0 Å². The molecule has 4 rings (SSSR count). The van der Waals surface area contributed by atoms with Gasteiger partial charge in [-0.05, 0) is 17.2 Å². The summed E-state index contributed by atoms with van der Waals surface area (Å²) < 4.78 is 37.2.